The summed E-state index contributed by atoms with van der Waals surface area (Å²) < 4.78 is 71.7. The van der Waals surface area contributed by atoms with Gasteiger partial charge in [0.2, 0.25) is 0 Å². The van der Waals surface area contributed by atoms with Crippen molar-refractivity contribution in [3.8, 4) is 0 Å². The van der Waals surface area contributed by atoms with Gasteiger partial charge in [0.05, 0.1) is 159 Å². The quantitative estimate of drug-likeness (QED) is 0.226. The third-order valence-electron chi connectivity index (χ3n) is 22.8. The van der Waals surface area contributed by atoms with Crippen LogP contribution in [0.4, 0.5) is 0 Å². The number of benzene rings is 1. The average molecular weight is 1680 g/mol. The molecule has 0 aliphatic carbocycles. The van der Waals surface area contributed by atoms with Crippen molar-refractivity contribution in [2.45, 2.75) is 207 Å². The molecule has 0 atom stereocenters. The fraction of sp³-hybridized carbons (Fsp3) is 0.920. The van der Waals surface area contributed by atoms with Gasteiger partial charge in [-0.05, 0) is 6.92 Å². The summed E-state index contributed by atoms with van der Waals surface area (Å²) in [6.45, 7) is 94.3. The predicted octanol–water partition coefficient (Wildman–Crippen LogP) is 3.20. The van der Waals surface area contributed by atoms with E-state index in [1.54, 1.807) is 25.7 Å². The first-order valence-electron chi connectivity index (χ1n) is 39.9. The van der Waals surface area contributed by atoms with Crippen LogP contribution in [0.15, 0.2) is 30.3 Å². The molecule has 4 bridgehead atoms. The molecule has 8 fully saturated rings. The van der Waals surface area contributed by atoms with E-state index >= 15 is 0 Å². The Kier molecular flexibility index (Phi) is 53.5. The van der Waals surface area contributed by atoms with E-state index in [1.807, 2.05) is 35.4 Å². The maximum Gasteiger partial charge on any atom is 1.00 e. The maximum atomic E-state index is 5.73. The fourth-order valence-electron chi connectivity index (χ4n) is 17.0. The number of nitrogens with one attached hydrogen (secondary N) is 4. The molecule has 9 rings (SSSR count). The van der Waals surface area contributed by atoms with Crippen molar-refractivity contribution in [1.82, 2.24) is 0 Å². The second kappa shape index (κ2) is 52.3. The third-order valence-corrected chi connectivity index (χ3v) is 83.8. The van der Waals surface area contributed by atoms with E-state index in [0.717, 1.165) is 175 Å². The summed E-state index contributed by atoms with van der Waals surface area (Å²) in [5.41, 5.74) is 1.32. The van der Waals surface area contributed by atoms with Crippen LogP contribution in [0.25, 0.3) is 0 Å². The van der Waals surface area contributed by atoms with Gasteiger partial charge in [-0.2, -0.15) is 17.6 Å². The van der Waals surface area contributed by atoms with Crippen molar-refractivity contribution in [1.29, 1.82) is 0 Å². The number of hydrogen-bond donors (Lipinski definition) is 4. The van der Waals surface area contributed by atoms with Crippen LogP contribution in [-0.2, 0) is 56.8 Å². The molecule has 1 aromatic rings. The van der Waals surface area contributed by atoms with Crippen molar-refractivity contribution in [2.75, 3.05) is 237 Å². The van der Waals surface area contributed by atoms with Crippen molar-refractivity contribution < 1.29 is 179 Å². The molecule has 103 heavy (non-hydrogen) atoms. The number of fused-ring (bicyclic) bond motifs is 42. The molecule has 8 heterocycles. The van der Waals surface area contributed by atoms with E-state index in [9.17, 15) is 0 Å². The Balaban J connectivity index is 0.000000663. The molecule has 0 unspecified atom stereocenters. The van der Waals surface area contributed by atoms with Gasteiger partial charge in [0.15, 0.2) is 0 Å². The van der Waals surface area contributed by atoms with Crippen LogP contribution in [0.3, 0.4) is 0 Å². The molecule has 4 N–H and O–H groups in total. The van der Waals surface area contributed by atoms with Crippen LogP contribution in [0, 0.1) is 6.92 Å². The Hall–Kier alpha value is 4.45. The largest absolute Gasteiger partial charge is 1.00 e. The van der Waals surface area contributed by atoms with E-state index in [1.165, 1.54) is 25.2 Å². The molecule has 8 saturated heterocycles. The SMILES string of the molecule is C1COCC[NH+]2CCOCCOCC[NH+](CCO1)CCOCCOCC2.C1COCC[NH+]2CCOCCOCC[NH+](CCO1)CCOCCOCC2.C[Si](C)(C)C1([Si](C)(C)C)CCC([Si](C)(C)C)([Si](C)(C)C)[P-]1.C[Si](C)(C)C1([Si](C)(C)C)CCC([Si](C)(C)C)([Si](C)(C)C)[P-]1.Cc1ccccc1.[K+].[K+]. The van der Waals surface area contributed by atoms with Gasteiger partial charge in [-0.25, -0.2) is 0 Å². The first-order valence-corrected chi connectivity index (χ1v) is 69.7. The van der Waals surface area contributed by atoms with Gasteiger partial charge in [0.1, 0.15) is 78.5 Å². The van der Waals surface area contributed by atoms with Crippen LogP contribution >= 0.6 is 17.2 Å². The van der Waals surface area contributed by atoms with E-state index in [0.29, 0.717) is 79.3 Å². The molecular formula is C75H164K2N4O12P2Si8+4. The van der Waals surface area contributed by atoms with Crippen LogP contribution in [-0.4, -0.2) is 319 Å². The van der Waals surface area contributed by atoms with Gasteiger partial charge in [-0.15, -0.1) is 0 Å². The zero-order valence-corrected chi connectivity index (χ0v) is 88.5. The maximum absolute atomic E-state index is 5.73. The van der Waals surface area contributed by atoms with Gasteiger partial charge in [0, 0.05) is 64.6 Å². The number of aryl methyl sites for hydroxylation is 1. The molecule has 0 radical (unpaired) electrons. The molecule has 0 aromatic heterocycles. The fourth-order valence-corrected chi connectivity index (χ4v) is 80.2. The van der Waals surface area contributed by atoms with Gasteiger partial charge < -0.3 is 93.6 Å². The van der Waals surface area contributed by atoms with E-state index in [-0.39, 0.29) is 103 Å². The topological polar surface area (TPSA) is 129 Å². The van der Waals surface area contributed by atoms with Gasteiger partial charge in [0.25, 0.3) is 0 Å². The number of ether oxygens (including phenoxy) is 12. The van der Waals surface area contributed by atoms with Crippen molar-refractivity contribution in [2.24, 2.45) is 0 Å². The molecule has 16 nitrogen and oxygen atoms in total. The minimum absolute atomic E-state index is 0. The van der Waals surface area contributed by atoms with Crippen LogP contribution in [0.5, 0.6) is 0 Å². The first kappa shape index (κ1) is 105. The molecule has 28 heteroatoms. The minimum atomic E-state index is -1.16. The molecular weight excluding hydrogens is 1510 g/mol. The molecule has 0 amide bonds. The smallest absolute Gasteiger partial charge is 0.538 e. The Bertz CT molecular complexity index is 1890. The second-order valence-electron chi connectivity index (χ2n) is 37.7. The monoisotopic (exact) mass is 1680 g/mol. The zero-order chi connectivity index (χ0) is 75.6. The van der Waals surface area contributed by atoms with Crippen LogP contribution < -0.4 is 122 Å². The molecule has 596 valence electrons. The normalized spacial score (nSPS) is 25.5. The van der Waals surface area contributed by atoms with Gasteiger partial charge >= 0.3 is 103 Å². The number of hydrogen-bond acceptors (Lipinski definition) is 12. The average Bonchev–Trinajstić information content (AvgIpc) is 1.57. The number of rotatable bonds is 8. The summed E-state index contributed by atoms with van der Waals surface area (Å²) in [5, 5.41) is 0. The van der Waals surface area contributed by atoms with E-state index < -0.39 is 64.6 Å². The first-order chi connectivity index (χ1) is 47.1. The summed E-state index contributed by atoms with van der Waals surface area (Å²) in [6, 6.07) is 10.3. The van der Waals surface area contributed by atoms with Crippen molar-refractivity contribution in [3.63, 3.8) is 0 Å². The van der Waals surface area contributed by atoms with E-state index in [4.69, 9.17) is 56.8 Å². The predicted molar refractivity (Wildman–Crippen MR) is 453 cm³/mol. The number of quaternary nitrogens is 4. The van der Waals surface area contributed by atoms with Crippen LogP contribution in [0.2, 0.25) is 157 Å². The minimum Gasteiger partial charge on any atom is -0.538 e. The molecule has 0 saturated carbocycles. The van der Waals surface area contributed by atoms with E-state index in [2.05, 4.69) is 176 Å². The molecule has 1 aromatic carbocycles. The van der Waals surface area contributed by atoms with Gasteiger partial charge in [-0.1, -0.05) is 219 Å². The summed E-state index contributed by atoms with van der Waals surface area (Å²) in [7, 11) is -5.44. The summed E-state index contributed by atoms with van der Waals surface area (Å²) >= 11 is 0. The van der Waals surface area contributed by atoms with Crippen LogP contribution in [0.1, 0.15) is 31.2 Å². The van der Waals surface area contributed by atoms with Gasteiger partial charge in [-0.3, -0.25) is 0 Å². The summed E-state index contributed by atoms with van der Waals surface area (Å²) in [6.07, 6.45) is 6.20. The van der Waals surface area contributed by atoms with Crippen molar-refractivity contribution in [3.05, 3.63) is 35.9 Å². The summed E-state index contributed by atoms with van der Waals surface area (Å²) in [4.78, 5) is 5.76. The zero-order valence-electron chi connectivity index (χ0n) is 72.5. The second-order valence-corrected chi connectivity index (χ2v) is 89.4. The third kappa shape index (κ3) is 37.3. The molecule has 8 aliphatic rings. The standard InChI is InChI=1S/2C18H36N2O6.2C16H40PSi4.C7H8.2K/c2*1-7-21-13-14-24-10-4-20-5-11-25-17-15-22-8-2-19(1)3-9-23-16-18-26-12-6-20;2*1-18(2,3)15(19(4,5)6)13-14-16(17-15,20(7,8)9)21(10,11)12;1-7-5-3-2-4-6-7;;/h2*1-18H2;2*13-14H2,1-12H3;2-6H,1H3;;/q;;2*-1;;2*+1/p+4. The Morgan fingerprint density at radius 1 is 0.223 bits per heavy atom. The van der Waals surface area contributed by atoms with Crippen molar-refractivity contribution >= 4 is 81.8 Å². The molecule has 0 spiro atoms. The Labute approximate surface area is 732 Å². The Morgan fingerprint density at radius 3 is 0.437 bits per heavy atom. The Morgan fingerprint density at radius 2 is 0.350 bits per heavy atom. The summed E-state index contributed by atoms with van der Waals surface area (Å²) in [5.74, 6) is 0. The molecule has 8 aliphatic heterocycles.